The number of rotatable bonds is 5. The molecule has 1 atom stereocenters. The van der Waals surface area contributed by atoms with Crippen LogP contribution in [0.4, 0.5) is 16.2 Å². The molecule has 0 saturated heterocycles. The Bertz CT molecular complexity index is 953. The summed E-state index contributed by atoms with van der Waals surface area (Å²) in [6.07, 6.45) is 0. The fourth-order valence-corrected chi connectivity index (χ4v) is 2.80. The van der Waals surface area contributed by atoms with Gasteiger partial charge in [-0.1, -0.05) is 66.2 Å². The molecule has 0 radical (unpaired) electrons. The standard InChI is InChI=1S/C23H23N3O2/c1-16-12-14-19(15-13-16)24-23(28)26-21(18-9-4-3-5-10-18)22(27)25-20-11-7-6-8-17(20)2/h3-15,21H,1-2H3,(H,25,27)(H2,24,26,28)/t21-/m1/s1. The summed E-state index contributed by atoms with van der Waals surface area (Å²) < 4.78 is 0. The Morgan fingerprint density at radius 2 is 1.39 bits per heavy atom. The van der Waals surface area contributed by atoms with Gasteiger partial charge in [-0.05, 0) is 43.2 Å². The van der Waals surface area contributed by atoms with Crippen LogP contribution in [0.25, 0.3) is 0 Å². The van der Waals surface area contributed by atoms with Gasteiger partial charge in [0.1, 0.15) is 6.04 Å². The minimum atomic E-state index is -0.828. The monoisotopic (exact) mass is 373 g/mol. The van der Waals surface area contributed by atoms with Gasteiger partial charge in [-0.15, -0.1) is 0 Å². The Hall–Kier alpha value is -3.60. The van der Waals surface area contributed by atoms with Gasteiger partial charge in [-0.2, -0.15) is 0 Å². The van der Waals surface area contributed by atoms with Crippen LogP contribution in [0.3, 0.4) is 0 Å². The molecule has 0 heterocycles. The molecule has 5 heteroatoms. The highest BCUT2D eigenvalue weighted by Gasteiger charge is 2.23. The third-order valence-electron chi connectivity index (χ3n) is 4.38. The predicted octanol–water partition coefficient (Wildman–Crippen LogP) is 4.80. The Kier molecular flexibility index (Phi) is 6.07. The first kappa shape index (κ1) is 19.2. The summed E-state index contributed by atoms with van der Waals surface area (Å²) in [5.41, 5.74) is 4.13. The summed E-state index contributed by atoms with van der Waals surface area (Å²) in [5.74, 6) is -0.306. The molecule has 3 N–H and O–H groups in total. The molecule has 3 amide bonds. The van der Waals surface area contributed by atoms with E-state index in [1.165, 1.54) is 0 Å². The molecule has 0 spiro atoms. The van der Waals surface area contributed by atoms with E-state index in [0.717, 1.165) is 11.1 Å². The summed E-state index contributed by atoms with van der Waals surface area (Å²) in [7, 11) is 0. The van der Waals surface area contributed by atoms with Gasteiger partial charge in [0, 0.05) is 11.4 Å². The number of hydrogen-bond donors (Lipinski definition) is 3. The maximum absolute atomic E-state index is 12.9. The van der Waals surface area contributed by atoms with E-state index in [9.17, 15) is 9.59 Å². The van der Waals surface area contributed by atoms with E-state index in [1.54, 1.807) is 0 Å². The number of hydrogen-bond acceptors (Lipinski definition) is 2. The third kappa shape index (κ3) is 4.98. The average Bonchev–Trinajstić information content (AvgIpc) is 2.70. The summed E-state index contributed by atoms with van der Waals surface area (Å²) in [6, 6.07) is 22.9. The van der Waals surface area contributed by atoms with E-state index in [2.05, 4.69) is 16.0 Å². The van der Waals surface area contributed by atoms with Crippen molar-refractivity contribution in [3.63, 3.8) is 0 Å². The summed E-state index contributed by atoms with van der Waals surface area (Å²) in [5, 5.41) is 8.45. The Balaban J connectivity index is 1.77. The van der Waals surface area contributed by atoms with Crippen LogP contribution in [0, 0.1) is 13.8 Å². The minimum absolute atomic E-state index is 0.306. The zero-order valence-corrected chi connectivity index (χ0v) is 15.9. The smallest absolute Gasteiger partial charge is 0.320 e. The maximum atomic E-state index is 12.9. The first-order valence-electron chi connectivity index (χ1n) is 9.08. The van der Waals surface area contributed by atoms with Crippen molar-refractivity contribution in [3.05, 3.63) is 95.6 Å². The van der Waals surface area contributed by atoms with Crippen LogP contribution in [0.1, 0.15) is 22.7 Å². The van der Waals surface area contributed by atoms with Crippen molar-refractivity contribution in [2.45, 2.75) is 19.9 Å². The highest BCUT2D eigenvalue weighted by atomic mass is 16.2. The van der Waals surface area contributed by atoms with Crippen LogP contribution >= 0.6 is 0 Å². The number of benzene rings is 3. The predicted molar refractivity (Wildman–Crippen MR) is 112 cm³/mol. The van der Waals surface area contributed by atoms with Gasteiger partial charge in [0.05, 0.1) is 0 Å². The summed E-state index contributed by atoms with van der Waals surface area (Å²) in [4.78, 5) is 25.4. The fraction of sp³-hybridized carbons (Fsp3) is 0.130. The summed E-state index contributed by atoms with van der Waals surface area (Å²) >= 11 is 0. The van der Waals surface area contributed by atoms with Gasteiger partial charge >= 0.3 is 6.03 Å². The van der Waals surface area contributed by atoms with Crippen LogP contribution in [0.5, 0.6) is 0 Å². The number of urea groups is 1. The fourth-order valence-electron chi connectivity index (χ4n) is 2.80. The van der Waals surface area contributed by atoms with E-state index < -0.39 is 12.1 Å². The van der Waals surface area contributed by atoms with Crippen LogP contribution < -0.4 is 16.0 Å². The molecule has 0 unspecified atom stereocenters. The van der Waals surface area contributed by atoms with Crippen molar-refractivity contribution in [1.29, 1.82) is 0 Å². The molecule has 142 valence electrons. The molecule has 3 aromatic rings. The third-order valence-corrected chi connectivity index (χ3v) is 4.38. The van der Waals surface area contributed by atoms with Gasteiger partial charge in [-0.3, -0.25) is 4.79 Å². The van der Waals surface area contributed by atoms with Gasteiger partial charge in [0.15, 0.2) is 0 Å². The van der Waals surface area contributed by atoms with Crippen molar-refractivity contribution < 1.29 is 9.59 Å². The van der Waals surface area contributed by atoms with Crippen molar-refractivity contribution >= 4 is 23.3 Å². The lowest BCUT2D eigenvalue weighted by atomic mass is 10.1. The number of para-hydroxylation sites is 1. The molecule has 0 aliphatic carbocycles. The molecule has 0 aliphatic rings. The molecule has 3 rings (SSSR count). The molecule has 28 heavy (non-hydrogen) atoms. The highest BCUT2D eigenvalue weighted by Crippen LogP contribution is 2.19. The second kappa shape index (κ2) is 8.86. The first-order valence-corrected chi connectivity index (χ1v) is 9.08. The lowest BCUT2D eigenvalue weighted by Gasteiger charge is -2.20. The van der Waals surface area contributed by atoms with Gasteiger partial charge in [0.2, 0.25) is 0 Å². The highest BCUT2D eigenvalue weighted by molar-refractivity contribution is 6.00. The van der Waals surface area contributed by atoms with Gasteiger partial charge in [0.25, 0.3) is 5.91 Å². The van der Waals surface area contributed by atoms with Crippen LogP contribution in [0.15, 0.2) is 78.9 Å². The zero-order chi connectivity index (χ0) is 19.9. The van der Waals surface area contributed by atoms with E-state index >= 15 is 0 Å². The largest absolute Gasteiger partial charge is 0.324 e. The van der Waals surface area contributed by atoms with Gasteiger partial charge < -0.3 is 16.0 Å². The van der Waals surface area contributed by atoms with E-state index in [0.29, 0.717) is 16.9 Å². The molecule has 0 aliphatic heterocycles. The lowest BCUT2D eigenvalue weighted by Crippen LogP contribution is -2.39. The quantitative estimate of drug-likeness (QED) is 0.601. The van der Waals surface area contributed by atoms with E-state index in [-0.39, 0.29) is 5.91 Å². The van der Waals surface area contributed by atoms with Crippen LogP contribution in [-0.4, -0.2) is 11.9 Å². The SMILES string of the molecule is Cc1ccc(NC(=O)N[C@@H](C(=O)Nc2ccccc2C)c2ccccc2)cc1. The second-order valence-corrected chi connectivity index (χ2v) is 6.61. The number of amides is 3. The lowest BCUT2D eigenvalue weighted by molar-refractivity contribution is -0.118. The van der Waals surface area contributed by atoms with Gasteiger partial charge in [-0.25, -0.2) is 4.79 Å². The van der Waals surface area contributed by atoms with E-state index in [4.69, 9.17) is 0 Å². The number of nitrogens with one attached hydrogen (secondary N) is 3. The van der Waals surface area contributed by atoms with Crippen LogP contribution in [0.2, 0.25) is 0 Å². The average molecular weight is 373 g/mol. The zero-order valence-electron chi connectivity index (χ0n) is 15.9. The first-order chi connectivity index (χ1) is 13.5. The molecular weight excluding hydrogens is 350 g/mol. The van der Waals surface area contributed by atoms with Crippen LogP contribution in [-0.2, 0) is 4.79 Å². The molecular formula is C23H23N3O2. The number of aryl methyl sites for hydroxylation is 2. The summed E-state index contributed by atoms with van der Waals surface area (Å²) in [6.45, 7) is 3.90. The number of carbonyl (C=O) groups excluding carboxylic acids is 2. The molecule has 0 saturated carbocycles. The molecule has 0 fully saturated rings. The molecule has 5 nitrogen and oxygen atoms in total. The topological polar surface area (TPSA) is 70.2 Å². The molecule has 3 aromatic carbocycles. The second-order valence-electron chi connectivity index (χ2n) is 6.61. The Morgan fingerprint density at radius 3 is 2.07 bits per heavy atom. The van der Waals surface area contributed by atoms with Crippen molar-refractivity contribution in [2.24, 2.45) is 0 Å². The Morgan fingerprint density at radius 1 is 0.750 bits per heavy atom. The Labute approximate surface area is 164 Å². The van der Waals surface area contributed by atoms with Crippen molar-refractivity contribution in [1.82, 2.24) is 5.32 Å². The normalized spacial score (nSPS) is 11.4. The van der Waals surface area contributed by atoms with E-state index in [1.807, 2.05) is 92.7 Å². The molecule has 0 aromatic heterocycles. The van der Waals surface area contributed by atoms with Crippen molar-refractivity contribution in [3.8, 4) is 0 Å². The molecule has 0 bridgehead atoms. The number of carbonyl (C=O) groups is 2. The number of anilines is 2. The maximum Gasteiger partial charge on any atom is 0.320 e. The minimum Gasteiger partial charge on any atom is -0.324 e. The van der Waals surface area contributed by atoms with Crippen molar-refractivity contribution in [2.75, 3.05) is 10.6 Å².